The molecule has 2 aromatic rings. The summed E-state index contributed by atoms with van der Waals surface area (Å²) >= 11 is 6.23. The van der Waals surface area contributed by atoms with E-state index in [1.807, 2.05) is 19.9 Å². The van der Waals surface area contributed by atoms with Crippen LogP contribution < -0.4 is 14.2 Å². The first kappa shape index (κ1) is 18.9. The van der Waals surface area contributed by atoms with Crippen LogP contribution in [0.5, 0.6) is 17.2 Å². The first-order valence-electron chi connectivity index (χ1n) is 7.85. The van der Waals surface area contributed by atoms with Gasteiger partial charge in [-0.25, -0.2) is 0 Å². The summed E-state index contributed by atoms with van der Waals surface area (Å²) in [7, 11) is 1.52. The monoisotopic (exact) mass is 363 g/mol. The number of hydrogen-bond donors (Lipinski definition) is 1. The predicted octanol–water partition coefficient (Wildman–Crippen LogP) is 4.54. The van der Waals surface area contributed by atoms with Crippen LogP contribution in [0.15, 0.2) is 29.4 Å². The first-order chi connectivity index (χ1) is 12.0. The van der Waals surface area contributed by atoms with Gasteiger partial charge in [-0.15, -0.1) is 0 Å². The molecule has 0 aromatic heterocycles. The molecule has 0 unspecified atom stereocenters. The van der Waals surface area contributed by atoms with Gasteiger partial charge in [-0.1, -0.05) is 28.9 Å². The number of methoxy groups -OCH3 is 1. The third-order valence-corrected chi connectivity index (χ3v) is 4.19. The molecular weight excluding hydrogens is 342 g/mol. The molecule has 0 aliphatic rings. The maximum absolute atomic E-state index is 8.63. The zero-order valence-corrected chi connectivity index (χ0v) is 15.6. The summed E-state index contributed by atoms with van der Waals surface area (Å²) in [6.07, 6.45) is 1.27. The van der Waals surface area contributed by atoms with Crippen molar-refractivity contribution in [3.05, 3.63) is 51.5 Å². The summed E-state index contributed by atoms with van der Waals surface area (Å²) in [5.41, 5.74) is 4.01. The highest BCUT2D eigenvalue weighted by Gasteiger charge is 2.12. The van der Waals surface area contributed by atoms with Gasteiger partial charge in [0.2, 0.25) is 0 Å². The van der Waals surface area contributed by atoms with E-state index < -0.39 is 0 Å². The molecular formula is C19H22ClNO4. The van der Waals surface area contributed by atoms with E-state index in [4.69, 9.17) is 31.0 Å². The summed E-state index contributed by atoms with van der Waals surface area (Å²) in [5.74, 6) is 1.78. The molecule has 2 aromatic carbocycles. The molecule has 5 nitrogen and oxygen atoms in total. The molecule has 0 fully saturated rings. The Bertz CT molecular complexity index is 775. The maximum Gasteiger partial charge on any atom is 0.179 e. The summed E-state index contributed by atoms with van der Waals surface area (Å²) in [5, 5.41) is 12.0. The number of oxime groups is 1. The predicted molar refractivity (Wildman–Crippen MR) is 99.0 cm³/mol. The van der Waals surface area contributed by atoms with Gasteiger partial charge in [0.05, 0.1) is 18.3 Å². The van der Waals surface area contributed by atoms with Crippen LogP contribution in [0.25, 0.3) is 0 Å². The smallest absolute Gasteiger partial charge is 0.179 e. The van der Waals surface area contributed by atoms with Crippen LogP contribution in [0.4, 0.5) is 0 Å². The molecule has 0 bridgehead atoms. The van der Waals surface area contributed by atoms with Crippen LogP contribution >= 0.6 is 11.6 Å². The van der Waals surface area contributed by atoms with Crippen molar-refractivity contribution in [3.63, 3.8) is 0 Å². The van der Waals surface area contributed by atoms with Gasteiger partial charge >= 0.3 is 0 Å². The average molecular weight is 364 g/mol. The molecule has 0 saturated heterocycles. The lowest BCUT2D eigenvalue weighted by Crippen LogP contribution is -2.11. The minimum atomic E-state index is 0.316. The quantitative estimate of drug-likeness (QED) is 0.339. The number of aryl methyl sites for hydroxylation is 2. The van der Waals surface area contributed by atoms with Crippen molar-refractivity contribution in [3.8, 4) is 17.2 Å². The Kier molecular flexibility index (Phi) is 6.53. The Morgan fingerprint density at radius 3 is 2.32 bits per heavy atom. The SMILES string of the molecule is COc1cc(C=NO)cc(Cl)c1OCCOc1c(C)ccc(C)c1C. The number of nitrogens with zero attached hydrogens (tertiary/aromatic N) is 1. The number of rotatable bonds is 7. The van der Waals surface area contributed by atoms with E-state index in [2.05, 4.69) is 18.1 Å². The Balaban J connectivity index is 2.04. The van der Waals surface area contributed by atoms with Gasteiger partial charge in [0.15, 0.2) is 11.5 Å². The van der Waals surface area contributed by atoms with Crippen molar-refractivity contribution >= 4 is 17.8 Å². The van der Waals surface area contributed by atoms with Crippen molar-refractivity contribution < 1.29 is 19.4 Å². The third-order valence-electron chi connectivity index (χ3n) is 3.91. The largest absolute Gasteiger partial charge is 0.493 e. The first-order valence-corrected chi connectivity index (χ1v) is 8.23. The number of halogens is 1. The van der Waals surface area contributed by atoms with Crippen LogP contribution in [0.2, 0.25) is 5.02 Å². The molecule has 0 aliphatic heterocycles. The molecule has 1 N–H and O–H groups in total. The van der Waals surface area contributed by atoms with E-state index in [9.17, 15) is 0 Å². The van der Waals surface area contributed by atoms with Crippen molar-refractivity contribution in [1.82, 2.24) is 0 Å². The van der Waals surface area contributed by atoms with Crippen LogP contribution in [-0.4, -0.2) is 31.7 Å². The molecule has 6 heteroatoms. The Morgan fingerprint density at radius 1 is 1.04 bits per heavy atom. The fourth-order valence-corrected chi connectivity index (χ4v) is 2.73. The minimum Gasteiger partial charge on any atom is -0.493 e. The molecule has 25 heavy (non-hydrogen) atoms. The van der Waals surface area contributed by atoms with Gasteiger partial charge < -0.3 is 19.4 Å². The van der Waals surface area contributed by atoms with Gasteiger partial charge in [-0.3, -0.25) is 0 Å². The van der Waals surface area contributed by atoms with Crippen LogP contribution in [0, 0.1) is 20.8 Å². The lowest BCUT2D eigenvalue weighted by molar-refractivity contribution is 0.210. The van der Waals surface area contributed by atoms with Crippen molar-refractivity contribution in [1.29, 1.82) is 0 Å². The van der Waals surface area contributed by atoms with Crippen molar-refractivity contribution in [2.24, 2.45) is 5.16 Å². The molecule has 0 radical (unpaired) electrons. The summed E-state index contributed by atoms with van der Waals surface area (Å²) in [6, 6.07) is 7.43. The second kappa shape index (κ2) is 8.62. The highest BCUT2D eigenvalue weighted by molar-refractivity contribution is 6.32. The molecule has 0 saturated carbocycles. The summed E-state index contributed by atoms with van der Waals surface area (Å²) < 4.78 is 16.9. The number of hydrogen-bond acceptors (Lipinski definition) is 5. The van der Waals surface area contributed by atoms with Crippen molar-refractivity contribution in [2.75, 3.05) is 20.3 Å². The zero-order valence-electron chi connectivity index (χ0n) is 14.8. The normalized spacial score (nSPS) is 10.9. The Morgan fingerprint density at radius 2 is 1.68 bits per heavy atom. The minimum absolute atomic E-state index is 0.316. The van der Waals surface area contributed by atoms with E-state index in [0.29, 0.717) is 35.3 Å². The Labute approximate surface area is 152 Å². The molecule has 2 rings (SSSR count). The molecule has 0 spiro atoms. The Hall–Kier alpha value is -2.40. The molecule has 0 amide bonds. The number of benzene rings is 2. The average Bonchev–Trinajstić information content (AvgIpc) is 2.59. The summed E-state index contributed by atoms with van der Waals surface area (Å²) in [6.45, 7) is 6.81. The van der Waals surface area contributed by atoms with E-state index in [0.717, 1.165) is 16.9 Å². The van der Waals surface area contributed by atoms with Gasteiger partial charge in [0.1, 0.15) is 19.0 Å². The van der Waals surface area contributed by atoms with E-state index in [1.54, 1.807) is 12.1 Å². The highest BCUT2D eigenvalue weighted by atomic mass is 35.5. The fourth-order valence-electron chi connectivity index (χ4n) is 2.46. The lowest BCUT2D eigenvalue weighted by Gasteiger charge is -2.16. The third kappa shape index (κ3) is 4.57. The highest BCUT2D eigenvalue weighted by Crippen LogP contribution is 2.36. The van der Waals surface area contributed by atoms with Gasteiger partial charge in [-0.05, 0) is 49.6 Å². The zero-order chi connectivity index (χ0) is 18.4. The summed E-state index contributed by atoms with van der Waals surface area (Å²) in [4.78, 5) is 0. The standard InChI is InChI=1S/C19H22ClNO4/c1-12-5-6-13(2)18(14(12)3)24-7-8-25-19-16(20)9-15(11-21-22)10-17(19)23-4/h5-6,9-11,22H,7-8H2,1-4H3. The van der Waals surface area contributed by atoms with Crippen molar-refractivity contribution in [2.45, 2.75) is 20.8 Å². The van der Waals surface area contributed by atoms with E-state index >= 15 is 0 Å². The van der Waals surface area contributed by atoms with Gasteiger partial charge in [0, 0.05) is 5.56 Å². The number of ether oxygens (including phenoxy) is 3. The van der Waals surface area contributed by atoms with Crippen LogP contribution in [0.3, 0.4) is 0 Å². The van der Waals surface area contributed by atoms with E-state index in [-0.39, 0.29) is 0 Å². The van der Waals surface area contributed by atoms with Crippen LogP contribution in [-0.2, 0) is 0 Å². The molecule has 0 heterocycles. The second-order valence-electron chi connectivity index (χ2n) is 5.63. The van der Waals surface area contributed by atoms with Crippen LogP contribution in [0.1, 0.15) is 22.3 Å². The van der Waals surface area contributed by atoms with Gasteiger partial charge in [0.25, 0.3) is 0 Å². The molecule has 0 aliphatic carbocycles. The second-order valence-corrected chi connectivity index (χ2v) is 6.04. The van der Waals surface area contributed by atoms with Gasteiger partial charge in [-0.2, -0.15) is 0 Å². The molecule has 134 valence electrons. The fraction of sp³-hybridized carbons (Fsp3) is 0.316. The lowest BCUT2D eigenvalue weighted by atomic mass is 10.1. The molecule has 0 atom stereocenters. The van der Waals surface area contributed by atoms with E-state index in [1.165, 1.54) is 18.9 Å². The maximum atomic E-state index is 8.63. The topological polar surface area (TPSA) is 60.3 Å².